The van der Waals surface area contributed by atoms with Gasteiger partial charge in [-0.2, -0.15) is 8.42 Å². The second-order valence-corrected chi connectivity index (χ2v) is 8.55. The fourth-order valence-electron chi connectivity index (χ4n) is 2.96. The van der Waals surface area contributed by atoms with E-state index in [-0.39, 0.29) is 40.7 Å². The molecule has 11 nitrogen and oxygen atoms in total. The maximum atomic E-state index is 12.4. The molecule has 0 aliphatic carbocycles. The Bertz CT molecular complexity index is 1170. The molecule has 1 aliphatic heterocycles. The first-order chi connectivity index (χ1) is 15.1. The predicted molar refractivity (Wildman–Crippen MR) is 113 cm³/mol. The van der Waals surface area contributed by atoms with E-state index in [9.17, 15) is 28.6 Å². The monoisotopic (exact) mass is 464 g/mol. The number of ether oxygens (including phenoxy) is 2. The number of nitro benzene ring substituents is 1. The summed E-state index contributed by atoms with van der Waals surface area (Å²) in [6.45, 7) is 2.86. The largest absolute Gasteiger partial charge is 0.486 e. The zero-order chi connectivity index (χ0) is 23.5. The Labute approximate surface area is 183 Å². The highest BCUT2D eigenvalue weighted by atomic mass is 32.2. The predicted octanol–water partition coefficient (Wildman–Crippen LogP) is 3.48. The van der Waals surface area contributed by atoms with Crippen molar-refractivity contribution in [2.75, 3.05) is 13.2 Å². The van der Waals surface area contributed by atoms with Crippen molar-refractivity contribution in [2.24, 2.45) is 0 Å². The van der Waals surface area contributed by atoms with Crippen LogP contribution in [0.2, 0.25) is 0 Å². The third-order valence-corrected chi connectivity index (χ3v) is 5.97. The number of allylic oxidation sites excluding steroid dienone is 1. The van der Waals surface area contributed by atoms with Crippen molar-refractivity contribution in [3.8, 4) is 11.5 Å². The van der Waals surface area contributed by atoms with E-state index >= 15 is 0 Å². The minimum Gasteiger partial charge on any atom is -0.486 e. The van der Waals surface area contributed by atoms with E-state index in [4.69, 9.17) is 13.7 Å². The van der Waals surface area contributed by atoms with Crippen LogP contribution in [0.1, 0.15) is 24.5 Å². The van der Waals surface area contributed by atoms with Crippen LogP contribution in [0.4, 0.5) is 5.69 Å². The van der Waals surface area contributed by atoms with Gasteiger partial charge < -0.3 is 9.47 Å². The van der Waals surface area contributed by atoms with E-state index < -0.39 is 38.4 Å². The van der Waals surface area contributed by atoms with Crippen molar-refractivity contribution < 1.29 is 31.9 Å². The number of nitro groups is 2. The number of aryl methyl sites for hydroxylation is 1. The van der Waals surface area contributed by atoms with E-state index in [0.29, 0.717) is 0 Å². The third kappa shape index (κ3) is 5.03. The molecule has 170 valence electrons. The first kappa shape index (κ1) is 23.2. The summed E-state index contributed by atoms with van der Waals surface area (Å²) < 4.78 is 41.2. The summed E-state index contributed by atoms with van der Waals surface area (Å²) in [7, 11) is -4.06. The van der Waals surface area contributed by atoms with Gasteiger partial charge >= 0.3 is 0 Å². The molecule has 0 spiro atoms. The Kier molecular flexibility index (Phi) is 6.75. The third-order valence-electron chi connectivity index (χ3n) is 4.67. The molecule has 0 saturated heterocycles. The van der Waals surface area contributed by atoms with Crippen LogP contribution in [0.5, 0.6) is 11.5 Å². The van der Waals surface area contributed by atoms with Gasteiger partial charge in [0.05, 0.1) is 14.7 Å². The summed E-state index contributed by atoms with van der Waals surface area (Å²) >= 11 is 0. The highest BCUT2D eigenvalue weighted by molar-refractivity contribution is 7.86. The average Bonchev–Trinajstić information content (AvgIpc) is 2.75. The quantitative estimate of drug-likeness (QED) is 0.325. The van der Waals surface area contributed by atoms with Crippen LogP contribution in [0.15, 0.2) is 47.0 Å². The molecule has 0 aromatic heterocycles. The second-order valence-electron chi connectivity index (χ2n) is 6.93. The van der Waals surface area contributed by atoms with E-state index in [2.05, 4.69) is 0 Å². The summed E-state index contributed by atoms with van der Waals surface area (Å²) in [6, 6.07) is 8.57. The van der Waals surface area contributed by atoms with E-state index in [0.717, 1.165) is 11.6 Å². The van der Waals surface area contributed by atoms with Crippen LogP contribution in [-0.4, -0.2) is 37.6 Å². The molecular formula is C20H20N2O9S. The zero-order valence-corrected chi connectivity index (χ0v) is 18.0. The van der Waals surface area contributed by atoms with Crippen molar-refractivity contribution in [1.29, 1.82) is 0 Å². The first-order valence-corrected chi connectivity index (χ1v) is 10.9. The molecule has 1 aliphatic rings. The molecule has 3 rings (SSSR count). The second kappa shape index (κ2) is 9.32. The van der Waals surface area contributed by atoms with E-state index in [1.807, 2.05) is 6.92 Å². The van der Waals surface area contributed by atoms with Crippen LogP contribution in [0.25, 0.3) is 6.08 Å². The van der Waals surface area contributed by atoms with Crippen molar-refractivity contribution in [2.45, 2.75) is 31.3 Å². The molecule has 0 radical (unpaired) electrons. The molecule has 2 aromatic rings. The molecule has 1 unspecified atom stereocenters. The fraction of sp³-hybridized carbons (Fsp3) is 0.300. The molecule has 1 heterocycles. The van der Waals surface area contributed by atoms with E-state index in [1.165, 1.54) is 24.3 Å². The number of benzene rings is 2. The SMILES string of the molecule is CCC(=Cc1c([N+](=O)[O-])ccc2c1OC(COS(=O)(=O)c1ccc(C)cc1)CO2)[N+](=O)[O-]. The maximum Gasteiger partial charge on any atom is 0.297 e. The van der Waals surface area contributed by atoms with Gasteiger partial charge in [-0.15, -0.1) is 0 Å². The zero-order valence-electron chi connectivity index (χ0n) is 17.2. The molecule has 12 heteroatoms. The lowest BCUT2D eigenvalue weighted by atomic mass is 10.1. The summed E-state index contributed by atoms with van der Waals surface area (Å²) in [5, 5.41) is 22.7. The molecular weight excluding hydrogens is 444 g/mol. The molecule has 2 aromatic carbocycles. The first-order valence-electron chi connectivity index (χ1n) is 9.54. The Morgan fingerprint density at radius 2 is 1.88 bits per heavy atom. The topological polar surface area (TPSA) is 148 Å². The molecule has 0 saturated carbocycles. The number of rotatable bonds is 8. The highest BCUT2D eigenvalue weighted by Gasteiger charge is 2.31. The van der Waals surface area contributed by atoms with Gasteiger partial charge in [0.25, 0.3) is 15.8 Å². The van der Waals surface area contributed by atoms with E-state index in [1.54, 1.807) is 19.1 Å². The highest BCUT2D eigenvalue weighted by Crippen LogP contribution is 2.42. The van der Waals surface area contributed by atoms with Crippen molar-refractivity contribution in [1.82, 2.24) is 0 Å². The smallest absolute Gasteiger partial charge is 0.297 e. The lowest BCUT2D eigenvalue weighted by Gasteiger charge is -2.27. The minimum absolute atomic E-state index is 0.0238. The summed E-state index contributed by atoms with van der Waals surface area (Å²) in [4.78, 5) is 21.3. The van der Waals surface area contributed by atoms with Crippen molar-refractivity contribution in [3.63, 3.8) is 0 Å². The summed E-state index contributed by atoms with van der Waals surface area (Å²) in [5.74, 6) is 0.0675. The molecule has 32 heavy (non-hydrogen) atoms. The Hall–Kier alpha value is -3.51. The summed E-state index contributed by atoms with van der Waals surface area (Å²) in [5.41, 5.74) is 0.0829. The number of fused-ring (bicyclic) bond motifs is 1. The molecule has 1 atom stereocenters. The van der Waals surface area contributed by atoms with Gasteiger partial charge in [-0.05, 0) is 25.1 Å². The lowest BCUT2D eigenvalue weighted by molar-refractivity contribution is -0.425. The standard InChI is InChI=1S/C20H20N2O9S/c1-3-14(21(23)24)10-17-18(22(25)26)8-9-19-20(17)31-15(11-29-19)12-30-32(27,28)16-6-4-13(2)5-7-16/h4-10,15H,3,11-12H2,1-2H3. The van der Waals surface area contributed by atoms with Crippen LogP contribution in [-0.2, 0) is 14.3 Å². The van der Waals surface area contributed by atoms with Gasteiger partial charge in [-0.1, -0.05) is 24.6 Å². The van der Waals surface area contributed by atoms with Crippen LogP contribution in [0, 0.1) is 27.2 Å². The molecule has 0 amide bonds. The van der Waals surface area contributed by atoms with Gasteiger partial charge in [-0.3, -0.25) is 24.4 Å². The van der Waals surface area contributed by atoms with Gasteiger partial charge in [0.2, 0.25) is 5.70 Å². The van der Waals surface area contributed by atoms with Gasteiger partial charge in [0.1, 0.15) is 18.8 Å². The van der Waals surface area contributed by atoms with Gasteiger partial charge in [-0.25, -0.2) is 0 Å². The normalized spacial score (nSPS) is 15.9. The number of hydrogen-bond acceptors (Lipinski definition) is 9. The Morgan fingerprint density at radius 3 is 2.47 bits per heavy atom. The Balaban J connectivity index is 1.88. The molecule has 0 fully saturated rings. The summed E-state index contributed by atoms with van der Waals surface area (Å²) in [6.07, 6.45) is 0.167. The molecule has 0 N–H and O–H groups in total. The van der Waals surface area contributed by atoms with Gasteiger partial charge in [0.15, 0.2) is 17.6 Å². The van der Waals surface area contributed by atoms with Gasteiger partial charge in [0, 0.05) is 18.6 Å². The maximum absolute atomic E-state index is 12.4. The van der Waals surface area contributed by atoms with Crippen LogP contribution < -0.4 is 9.47 Å². The minimum atomic E-state index is -4.06. The van der Waals surface area contributed by atoms with Crippen LogP contribution in [0.3, 0.4) is 0 Å². The van der Waals surface area contributed by atoms with Crippen molar-refractivity contribution >= 4 is 21.9 Å². The Morgan fingerprint density at radius 1 is 1.19 bits per heavy atom. The number of nitrogens with zero attached hydrogens (tertiary/aromatic N) is 2. The number of hydrogen-bond donors (Lipinski definition) is 0. The van der Waals surface area contributed by atoms with Crippen LogP contribution >= 0.6 is 0 Å². The van der Waals surface area contributed by atoms with Crippen molar-refractivity contribution in [3.05, 3.63) is 73.5 Å². The molecule has 0 bridgehead atoms. The lowest BCUT2D eigenvalue weighted by Crippen LogP contribution is -2.34. The fourth-order valence-corrected chi connectivity index (χ4v) is 3.89. The average molecular weight is 464 g/mol.